The maximum atomic E-state index is 13.4. The van der Waals surface area contributed by atoms with Crippen molar-refractivity contribution >= 4 is 17.6 Å². The molecule has 0 saturated carbocycles. The van der Waals surface area contributed by atoms with Crippen LogP contribution in [-0.2, 0) is 30.2 Å². The zero-order valence-electron chi connectivity index (χ0n) is 17.1. The van der Waals surface area contributed by atoms with Crippen LogP contribution in [0.4, 0.5) is 10.1 Å². The Bertz CT molecular complexity index is 1050. The zero-order chi connectivity index (χ0) is 22.0. The lowest BCUT2D eigenvalue weighted by Gasteiger charge is -2.36. The second-order valence-electron chi connectivity index (χ2n) is 7.36. The Morgan fingerprint density at radius 2 is 1.74 bits per heavy atom. The Hall–Kier alpha value is -3.45. The van der Waals surface area contributed by atoms with Crippen LogP contribution >= 0.6 is 0 Å². The largest absolute Gasteiger partial charge is 0.466 e. The number of methoxy groups -OCH3 is 2. The number of hydrogen-bond acceptors (Lipinski definition) is 6. The van der Waals surface area contributed by atoms with Gasteiger partial charge in [-0.1, -0.05) is 36.4 Å². The van der Waals surface area contributed by atoms with Crippen LogP contribution < -0.4 is 5.32 Å². The number of rotatable bonds is 7. The average molecular weight is 423 g/mol. The number of esters is 2. The summed E-state index contributed by atoms with van der Waals surface area (Å²) in [5, 5.41) is 3.42. The van der Waals surface area contributed by atoms with Crippen LogP contribution in [0.25, 0.3) is 0 Å². The molecule has 2 aliphatic rings. The third-order valence-corrected chi connectivity index (χ3v) is 5.57. The van der Waals surface area contributed by atoms with E-state index in [1.54, 1.807) is 24.3 Å². The van der Waals surface area contributed by atoms with Gasteiger partial charge in [0, 0.05) is 5.69 Å². The van der Waals surface area contributed by atoms with Crippen LogP contribution in [-0.4, -0.2) is 43.9 Å². The molecule has 3 unspecified atom stereocenters. The van der Waals surface area contributed by atoms with Crippen molar-refractivity contribution in [1.29, 1.82) is 0 Å². The molecule has 0 spiro atoms. The molecule has 0 amide bonds. The number of anilines is 1. The van der Waals surface area contributed by atoms with Crippen LogP contribution in [0.2, 0.25) is 0 Å². The van der Waals surface area contributed by atoms with E-state index in [2.05, 4.69) is 5.32 Å². The van der Waals surface area contributed by atoms with Crippen LogP contribution in [0, 0.1) is 5.82 Å². The molecule has 2 bridgehead atoms. The molecule has 2 aromatic rings. The molecule has 0 fully saturated rings. The molecule has 0 radical (unpaired) electrons. The van der Waals surface area contributed by atoms with E-state index < -0.39 is 29.7 Å². The molecule has 7 heteroatoms. The maximum Gasteiger partial charge on any atom is 0.337 e. The first kappa shape index (κ1) is 20.8. The molecule has 6 nitrogen and oxygen atoms in total. The standard InChI is InChI=1S/C24H22FNO5/c1-29-22(27)20-18-12-13-24(31-18,21(20)23(28)30-2)19(26-17-6-4-3-5-7-17)14-15-8-10-16(25)11-9-15/h3-13,18-19,26H,14H2,1-2H3. The van der Waals surface area contributed by atoms with Gasteiger partial charge in [0.1, 0.15) is 17.5 Å². The molecule has 0 saturated heterocycles. The number of benzene rings is 2. The molecule has 2 heterocycles. The van der Waals surface area contributed by atoms with Gasteiger partial charge in [0.15, 0.2) is 0 Å². The van der Waals surface area contributed by atoms with Gasteiger partial charge in [-0.3, -0.25) is 0 Å². The quantitative estimate of drug-likeness (QED) is 0.545. The Morgan fingerprint density at radius 3 is 2.39 bits per heavy atom. The van der Waals surface area contributed by atoms with E-state index in [0.29, 0.717) is 6.42 Å². The van der Waals surface area contributed by atoms with Crippen molar-refractivity contribution in [3.8, 4) is 0 Å². The Kier molecular flexibility index (Phi) is 5.61. The van der Waals surface area contributed by atoms with E-state index in [1.807, 2.05) is 30.3 Å². The Balaban J connectivity index is 1.81. The molecule has 31 heavy (non-hydrogen) atoms. The Morgan fingerprint density at radius 1 is 1.06 bits per heavy atom. The highest BCUT2D eigenvalue weighted by molar-refractivity contribution is 6.05. The minimum Gasteiger partial charge on any atom is -0.466 e. The van der Waals surface area contributed by atoms with Crippen molar-refractivity contribution in [3.05, 3.63) is 89.3 Å². The van der Waals surface area contributed by atoms with Crippen molar-refractivity contribution in [2.24, 2.45) is 0 Å². The van der Waals surface area contributed by atoms with Crippen molar-refractivity contribution in [2.75, 3.05) is 19.5 Å². The summed E-state index contributed by atoms with van der Waals surface area (Å²) in [6.07, 6.45) is 3.19. The molecule has 4 rings (SSSR count). The van der Waals surface area contributed by atoms with Gasteiger partial charge in [-0.05, 0) is 42.3 Å². The topological polar surface area (TPSA) is 73.9 Å². The smallest absolute Gasteiger partial charge is 0.337 e. The third kappa shape index (κ3) is 3.72. The van der Waals surface area contributed by atoms with Crippen molar-refractivity contribution in [3.63, 3.8) is 0 Å². The maximum absolute atomic E-state index is 13.4. The summed E-state index contributed by atoms with van der Waals surface area (Å²) in [7, 11) is 2.51. The number of halogens is 1. The molecule has 160 valence electrons. The fraction of sp³-hybridized carbons (Fsp3) is 0.250. The number of carbonyl (C=O) groups is 2. The summed E-state index contributed by atoms with van der Waals surface area (Å²) in [5.74, 6) is -1.64. The lowest BCUT2D eigenvalue weighted by atomic mass is 9.79. The highest BCUT2D eigenvalue weighted by Crippen LogP contribution is 2.47. The monoisotopic (exact) mass is 423 g/mol. The normalized spacial score (nSPS) is 22.4. The lowest BCUT2D eigenvalue weighted by Crippen LogP contribution is -2.49. The summed E-state index contributed by atoms with van der Waals surface area (Å²) in [6.45, 7) is 0. The number of carbonyl (C=O) groups excluding carboxylic acids is 2. The fourth-order valence-electron chi connectivity index (χ4n) is 4.14. The molecule has 0 aromatic heterocycles. The van der Waals surface area contributed by atoms with Crippen LogP contribution in [0.1, 0.15) is 5.56 Å². The summed E-state index contributed by atoms with van der Waals surface area (Å²) >= 11 is 0. The van der Waals surface area contributed by atoms with E-state index in [1.165, 1.54) is 26.4 Å². The van der Waals surface area contributed by atoms with Gasteiger partial charge in [0.2, 0.25) is 0 Å². The molecular formula is C24H22FNO5. The number of hydrogen-bond donors (Lipinski definition) is 1. The van der Waals surface area contributed by atoms with E-state index in [9.17, 15) is 14.0 Å². The average Bonchev–Trinajstić information content (AvgIpc) is 3.38. The van der Waals surface area contributed by atoms with Gasteiger partial charge in [-0.25, -0.2) is 14.0 Å². The second kappa shape index (κ2) is 8.35. The number of ether oxygens (including phenoxy) is 3. The van der Waals surface area contributed by atoms with Gasteiger partial charge < -0.3 is 19.5 Å². The van der Waals surface area contributed by atoms with Crippen LogP contribution in [0.5, 0.6) is 0 Å². The van der Waals surface area contributed by atoms with Gasteiger partial charge in [-0.15, -0.1) is 0 Å². The molecule has 2 aromatic carbocycles. The zero-order valence-corrected chi connectivity index (χ0v) is 17.1. The molecule has 3 atom stereocenters. The van der Waals surface area contributed by atoms with Gasteiger partial charge in [0.25, 0.3) is 0 Å². The molecule has 1 N–H and O–H groups in total. The van der Waals surface area contributed by atoms with E-state index in [0.717, 1.165) is 11.3 Å². The van der Waals surface area contributed by atoms with Crippen LogP contribution in [0.15, 0.2) is 77.9 Å². The highest BCUT2D eigenvalue weighted by Gasteiger charge is 2.58. The Labute approximate surface area is 179 Å². The van der Waals surface area contributed by atoms with E-state index >= 15 is 0 Å². The highest BCUT2D eigenvalue weighted by atomic mass is 19.1. The molecular weight excluding hydrogens is 401 g/mol. The predicted molar refractivity (Wildman–Crippen MR) is 112 cm³/mol. The molecule has 0 aliphatic carbocycles. The fourth-order valence-corrected chi connectivity index (χ4v) is 4.14. The summed E-state index contributed by atoms with van der Waals surface area (Å²) < 4.78 is 29.6. The van der Waals surface area contributed by atoms with Crippen molar-refractivity contribution in [2.45, 2.75) is 24.2 Å². The van der Waals surface area contributed by atoms with E-state index in [-0.39, 0.29) is 17.0 Å². The SMILES string of the molecule is COC(=O)C1=C(C(=O)OC)C2(C(Cc3ccc(F)cc3)Nc3ccccc3)C=CC1O2. The third-order valence-electron chi connectivity index (χ3n) is 5.57. The van der Waals surface area contributed by atoms with Gasteiger partial charge in [0.05, 0.1) is 31.4 Å². The number of nitrogens with one attached hydrogen (secondary N) is 1. The summed E-state index contributed by atoms with van der Waals surface area (Å²) in [4.78, 5) is 25.3. The van der Waals surface area contributed by atoms with Crippen molar-refractivity contribution < 1.29 is 28.2 Å². The van der Waals surface area contributed by atoms with Gasteiger partial charge >= 0.3 is 11.9 Å². The van der Waals surface area contributed by atoms with Crippen molar-refractivity contribution in [1.82, 2.24) is 0 Å². The number of para-hydroxylation sites is 1. The second-order valence-corrected chi connectivity index (χ2v) is 7.36. The minimum absolute atomic E-state index is 0.116. The predicted octanol–water partition coefficient (Wildman–Crippen LogP) is 3.20. The first-order valence-corrected chi connectivity index (χ1v) is 9.83. The van der Waals surface area contributed by atoms with Gasteiger partial charge in [-0.2, -0.15) is 0 Å². The summed E-state index contributed by atoms with van der Waals surface area (Å²) in [6, 6.07) is 15.1. The lowest BCUT2D eigenvalue weighted by molar-refractivity contribution is -0.139. The first-order chi connectivity index (χ1) is 15.0. The van der Waals surface area contributed by atoms with Crippen LogP contribution in [0.3, 0.4) is 0 Å². The minimum atomic E-state index is -1.26. The number of fused-ring (bicyclic) bond motifs is 2. The molecule has 2 aliphatic heterocycles. The summed E-state index contributed by atoms with van der Waals surface area (Å²) in [5.41, 5.74) is 0.632. The first-order valence-electron chi connectivity index (χ1n) is 9.83. The van der Waals surface area contributed by atoms with E-state index in [4.69, 9.17) is 14.2 Å².